The van der Waals surface area contributed by atoms with Gasteiger partial charge >= 0.3 is 11.9 Å². The Bertz CT molecular complexity index is 1260. The second-order valence-electron chi connectivity index (χ2n) is 9.17. The number of esters is 2. The molecular formula is C30H32N2O4. The summed E-state index contributed by atoms with van der Waals surface area (Å²) in [5.74, 6) is -0.876. The monoisotopic (exact) mass is 484 g/mol. The van der Waals surface area contributed by atoms with Crippen molar-refractivity contribution in [3.8, 4) is 0 Å². The molecule has 0 radical (unpaired) electrons. The van der Waals surface area contributed by atoms with Gasteiger partial charge in [-0.15, -0.1) is 0 Å². The Balaban J connectivity index is 1.52. The summed E-state index contributed by atoms with van der Waals surface area (Å²) in [5.41, 5.74) is 8.30. The van der Waals surface area contributed by atoms with Crippen LogP contribution in [0.2, 0.25) is 0 Å². The van der Waals surface area contributed by atoms with Gasteiger partial charge in [0.1, 0.15) is 24.6 Å². The van der Waals surface area contributed by atoms with Crippen molar-refractivity contribution in [3.05, 3.63) is 117 Å². The van der Waals surface area contributed by atoms with E-state index in [0.717, 1.165) is 44.8 Å². The summed E-state index contributed by atoms with van der Waals surface area (Å²) in [4.78, 5) is 32.3. The molecule has 0 aliphatic carbocycles. The Morgan fingerprint density at radius 3 is 1.36 bits per heavy atom. The SMILES string of the molecule is Cc1c(C(=O)OCc2ccccc2)[nH]c(C(C)c2[nH]c(C(=O)OCc3ccccc3)c(C)c2C)c1C. The molecule has 4 aromatic rings. The number of hydrogen-bond acceptors (Lipinski definition) is 4. The van der Waals surface area contributed by atoms with Crippen molar-refractivity contribution in [3.63, 3.8) is 0 Å². The molecule has 0 unspecified atom stereocenters. The van der Waals surface area contributed by atoms with Crippen molar-refractivity contribution in [2.45, 2.75) is 53.8 Å². The molecule has 6 nitrogen and oxygen atoms in total. The maximum atomic E-state index is 12.8. The molecule has 0 bridgehead atoms. The van der Waals surface area contributed by atoms with Crippen LogP contribution >= 0.6 is 0 Å². The zero-order valence-corrected chi connectivity index (χ0v) is 21.4. The van der Waals surface area contributed by atoms with Crippen molar-refractivity contribution >= 4 is 11.9 Å². The minimum Gasteiger partial charge on any atom is -0.456 e. The number of carbonyl (C=O) groups excluding carboxylic acids is 2. The lowest BCUT2D eigenvalue weighted by molar-refractivity contribution is 0.0457. The van der Waals surface area contributed by atoms with Crippen LogP contribution in [0.3, 0.4) is 0 Å². The van der Waals surface area contributed by atoms with Gasteiger partial charge in [-0.05, 0) is 61.1 Å². The third-order valence-electron chi connectivity index (χ3n) is 6.90. The van der Waals surface area contributed by atoms with Gasteiger partial charge in [0, 0.05) is 17.3 Å². The fraction of sp³-hybridized carbons (Fsp3) is 0.267. The second-order valence-corrected chi connectivity index (χ2v) is 9.17. The first-order valence-corrected chi connectivity index (χ1v) is 12.1. The van der Waals surface area contributed by atoms with Crippen molar-refractivity contribution in [2.24, 2.45) is 0 Å². The molecule has 0 aliphatic heterocycles. The van der Waals surface area contributed by atoms with Crippen LogP contribution in [0.15, 0.2) is 60.7 Å². The molecule has 2 aromatic carbocycles. The number of ether oxygens (including phenoxy) is 2. The molecule has 2 aromatic heterocycles. The Labute approximate surface area is 211 Å². The number of rotatable bonds is 8. The molecule has 2 heterocycles. The first-order valence-electron chi connectivity index (χ1n) is 12.1. The summed E-state index contributed by atoms with van der Waals surface area (Å²) in [6, 6.07) is 19.2. The highest BCUT2D eigenvalue weighted by atomic mass is 16.5. The van der Waals surface area contributed by atoms with Crippen LogP contribution in [0.4, 0.5) is 0 Å². The smallest absolute Gasteiger partial charge is 0.355 e. The highest BCUT2D eigenvalue weighted by Gasteiger charge is 2.26. The lowest BCUT2D eigenvalue weighted by atomic mass is 9.96. The topological polar surface area (TPSA) is 84.2 Å². The molecule has 36 heavy (non-hydrogen) atoms. The zero-order valence-electron chi connectivity index (χ0n) is 21.4. The first-order chi connectivity index (χ1) is 17.3. The lowest BCUT2D eigenvalue weighted by Crippen LogP contribution is -2.08. The van der Waals surface area contributed by atoms with E-state index in [1.54, 1.807) is 0 Å². The zero-order chi connectivity index (χ0) is 25.8. The van der Waals surface area contributed by atoms with Crippen molar-refractivity contribution in [1.82, 2.24) is 9.97 Å². The van der Waals surface area contributed by atoms with Crippen LogP contribution in [0.5, 0.6) is 0 Å². The lowest BCUT2D eigenvalue weighted by Gasteiger charge is -2.12. The molecule has 0 fully saturated rings. The van der Waals surface area contributed by atoms with Crippen LogP contribution < -0.4 is 0 Å². The van der Waals surface area contributed by atoms with Crippen LogP contribution in [0, 0.1) is 27.7 Å². The summed E-state index contributed by atoms with van der Waals surface area (Å²) in [6.07, 6.45) is 0. The Hall–Kier alpha value is -4.06. The van der Waals surface area contributed by atoms with Gasteiger partial charge < -0.3 is 19.4 Å². The predicted molar refractivity (Wildman–Crippen MR) is 139 cm³/mol. The minimum atomic E-state index is -0.387. The summed E-state index contributed by atoms with van der Waals surface area (Å²) in [7, 11) is 0. The molecule has 186 valence electrons. The van der Waals surface area contributed by atoms with Crippen molar-refractivity contribution in [2.75, 3.05) is 0 Å². The van der Waals surface area contributed by atoms with Gasteiger partial charge in [0.15, 0.2) is 0 Å². The normalized spacial score (nSPS) is 11.1. The van der Waals surface area contributed by atoms with E-state index in [0.29, 0.717) is 11.4 Å². The van der Waals surface area contributed by atoms with Gasteiger partial charge in [0.05, 0.1) is 0 Å². The molecule has 0 amide bonds. The van der Waals surface area contributed by atoms with Crippen LogP contribution in [0.1, 0.15) is 78.6 Å². The Kier molecular flexibility index (Phi) is 7.44. The average Bonchev–Trinajstić information content (AvgIpc) is 3.37. The van der Waals surface area contributed by atoms with Crippen molar-refractivity contribution in [1.29, 1.82) is 0 Å². The Morgan fingerprint density at radius 1 is 0.639 bits per heavy atom. The number of nitrogens with one attached hydrogen (secondary N) is 2. The fourth-order valence-corrected chi connectivity index (χ4v) is 4.43. The summed E-state index contributed by atoms with van der Waals surface area (Å²) >= 11 is 0. The van der Waals surface area contributed by atoms with Crippen LogP contribution in [-0.2, 0) is 22.7 Å². The first kappa shape index (κ1) is 25.0. The summed E-state index contributed by atoms with van der Waals surface area (Å²) < 4.78 is 11.1. The quantitative estimate of drug-likeness (QED) is 0.282. The Morgan fingerprint density at radius 2 is 1.00 bits per heavy atom. The fourth-order valence-electron chi connectivity index (χ4n) is 4.43. The molecule has 0 spiro atoms. The van der Waals surface area contributed by atoms with E-state index < -0.39 is 0 Å². The number of H-pyrrole nitrogens is 2. The maximum Gasteiger partial charge on any atom is 0.355 e. The number of aromatic nitrogens is 2. The highest BCUT2D eigenvalue weighted by Crippen LogP contribution is 2.33. The molecule has 6 heteroatoms. The van der Waals surface area contributed by atoms with E-state index in [1.807, 2.05) is 88.4 Å². The van der Waals surface area contributed by atoms with E-state index >= 15 is 0 Å². The van der Waals surface area contributed by atoms with Crippen LogP contribution in [0.25, 0.3) is 0 Å². The molecule has 0 atom stereocenters. The highest BCUT2D eigenvalue weighted by molar-refractivity contribution is 5.90. The average molecular weight is 485 g/mol. The standard InChI is InChI=1S/C30H32N2O4/c1-18-20(3)27(29(33)35-16-23-12-8-6-9-13-23)31-25(18)22(5)26-19(2)21(4)28(32-26)30(34)36-17-24-14-10-7-11-15-24/h6-15,22,31-32H,16-17H2,1-5H3. The summed E-state index contributed by atoms with van der Waals surface area (Å²) in [6.45, 7) is 10.3. The van der Waals surface area contributed by atoms with Gasteiger partial charge in [0.2, 0.25) is 0 Å². The van der Waals surface area contributed by atoms with Gasteiger partial charge in [-0.2, -0.15) is 0 Å². The molecule has 2 N–H and O–H groups in total. The van der Waals surface area contributed by atoms with E-state index in [2.05, 4.69) is 16.9 Å². The van der Waals surface area contributed by atoms with Crippen LogP contribution in [-0.4, -0.2) is 21.9 Å². The van der Waals surface area contributed by atoms with E-state index in [-0.39, 0.29) is 31.1 Å². The molecule has 4 rings (SSSR count). The largest absolute Gasteiger partial charge is 0.456 e. The number of carbonyl (C=O) groups is 2. The third kappa shape index (κ3) is 5.13. The number of benzene rings is 2. The van der Waals surface area contributed by atoms with Gasteiger partial charge in [-0.1, -0.05) is 67.6 Å². The van der Waals surface area contributed by atoms with E-state index in [1.165, 1.54) is 0 Å². The maximum absolute atomic E-state index is 12.8. The molecule has 0 saturated carbocycles. The van der Waals surface area contributed by atoms with E-state index in [4.69, 9.17) is 9.47 Å². The summed E-state index contributed by atoms with van der Waals surface area (Å²) in [5, 5.41) is 0. The molecular weight excluding hydrogens is 452 g/mol. The van der Waals surface area contributed by atoms with Gasteiger partial charge in [-0.3, -0.25) is 0 Å². The third-order valence-corrected chi connectivity index (χ3v) is 6.90. The predicted octanol–water partition coefficient (Wildman–Crippen LogP) is 6.44. The molecule has 0 saturated heterocycles. The van der Waals surface area contributed by atoms with Crippen molar-refractivity contribution < 1.29 is 19.1 Å². The molecule has 0 aliphatic rings. The van der Waals surface area contributed by atoms with Gasteiger partial charge in [-0.25, -0.2) is 9.59 Å². The number of hydrogen-bond donors (Lipinski definition) is 2. The number of aromatic amines is 2. The minimum absolute atomic E-state index is 0.103. The second kappa shape index (κ2) is 10.7. The van der Waals surface area contributed by atoms with E-state index in [9.17, 15) is 9.59 Å². The van der Waals surface area contributed by atoms with Gasteiger partial charge in [0.25, 0.3) is 0 Å².